The average Bonchev–Trinajstić information content (AvgIpc) is 2.74. The Hall–Kier alpha value is -0.670. The third-order valence-electron chi connectivity index (χ3n) is 1.83. The van der Waals surface area contributed by atoms with Gasteiger partial charge in [-0.1, -0.05) is 32.9 Å². The second-order valence-corrected chi connectivity index (χ2v) is 12.9. The zero-order valence-corrected chi connectivity index (χ0v) is 24.1. The summed E-state index contributed by atoms with van der Waals surface area (Å²) in [5.41, 5.74) is 10.3. The first kappa shape index (κ1) is 49.3. The quantitative estimate of drug-likeness (QED) is 0.116. The molecular formula is C14H38N3O15P5. The van der Waals surface area contributed by atoms with Gasteiger partial charge in [-0.2, -0.15) is 0 Å². The van der Waals surface area contributed by atoms with Gasteiger partial charge in [0.15, 0.2) is 0 Å². The van der Waals surface area contributed by atoms with Crippen molar-refractivity contribution in [1.82, 2.24) is 5.32 Å². The molecule has 0 amide bonds. The van der Waals surface area contributed by atoms with Crippen molar-refractivity contribution in [1.29, 1.82) is 0 Å². The molecule has 0 aliphatic carbocycles. The van der Waals surface area contributed by atoms with Crippen LogP contribution in [0.15, 0.2) is 62.0 Å². The minimum absolute atomic E-state index is 0.604. The van der Waals surface area contributed by atoms with Crippen LogP contribution in [0, 0.1) is 0 Å². The lowest BCUT2D eigenvalue weighted by Crippen LogP contribution is -2.27. The van der Waals surface area contributed by atoms with Crippen LogP contribution in [-0.4, -0.2) is 75.1 Å². The summed E-state index contributed by atoms with van der Waals surface area (Å²) >= 11 is 0. The fraction of sp³-hybridized carbons (Fsp3) is 0.286. The van der Waals surface area contributed by atoms with Crippen LogP contribution in [0.3, 0.4) is 0 Å². The Morgan fingerprint density at radius 2 is 0.568 bits per heavy atom. The van der Waals surface area contributed by atoms with Crippen molar-refractivity contribution in [2.45, 2.75) is 0 Å². The van der Waals surface area contributed by atoms with Crippen LogP contribution in [-0.2, 0) is 22.8 Å². The van der Waals surface area contributed by atoms with Crippen LogP contribution in [0.4, 0.5) is 0 Å². The van der Waals surface area contributed by atoms with Gasteiger partial charge >= 0.3 is 38.0 Å². The Morgan fingerprint density at radius 1 is 0.459 bits per heavy atom. The number of nitrogens with two attached hydrogens (primary N) is 2. The lowest BCUT2D eigenvalue weighted by Gasteiger charge is -1.95. The normalized spacial score (nSPS) is 10.7. The molecule has 23 heteroatoms. The fourth-order valence-electron chi connectivity index (χ4n) is 0.329. The number of hydrogen-bond donors (Lipinski definition) is 13. The van der Waals surface area contributed by atoms with Gasteiger partial charge in [0.25, 0.3) is 0 Å². The second kappa shape index (κ2) is 26.9. The van der Waals surface area contributed by atoms with Crippen molar-refractivity contribution in [2.24, 2.45) is 11.5 Å². The van der Waals surface area contributed by atoms with Gasteiger partial charge in [-0.3, -0.25) is 22.8 Å². The maximum absolute atomic E-state index is 9.58. The second-order valence-electron chi connectivity index (χ2n) is 5.19. The highest BCUT2D eigenvalue weighted by Crippen LogP contribution is 2.36. The van der Waals surface area contributed by atoms with Crippen molar-refractivity contribution >= 4 is 38.0 Å². The lowest BCUT2D eigenvalue weighted by atomic mass is 10.6. The molecular weight excluding hydrogens is 605 g/mol. The molecule has 0 saturated heterocycles. The zero-order chi connectivity index (χ0) is 31.6. The predicted molar refractivity (Wildman–Crippen MR) is 142 cm³/mol. The Labute approximate surface area is 215 Å². The molecule has 0 radical (unpaired) electrons. The minimum atomic E-state index is -3.88. The van der Waals surface area contributed by atoms with Crippen molar-refractivity contribution in [2.75, 3.05) is 26.2 Å². The molecule has 0 spiro atoms. The van der Waals surface area contributed by atoms with E-state index in [1.54, 1.807) is 0 Å². The molecule has 0 saturated carbocycles. The van der Waals surface area contributed by atoms with E-state index in [1.165, 1.54) is 0 Å². The van der Waals surface area contributed by atoms with E-state index in [0.717, 1.165) is 13.1 Å². The number of rotatable bonds is 9. The molecule has 15 N–H and O–H groups in total. The first-order chi connectivity index (χ1) is 16.2. The SMILES string of the molecule is C=CP(=O)(O)O.C=CP(=O)(O)O.C=CP(=O)(O)O.C=CP(=O)(O)O.C=CP(=O)(O)O.NCCNCCN. The summed E-state index contributed by atoms with van der Waals surface area (Å²) in [5, 5.41) is 3.03. The van der Waals surface area contributed by atoms with E-state index >= 15 is 0 Å². The van der Waals surface area contributed by atoms with Crippen LogP contribution in [0.5, 0.6) is 0 Å². The Kier molecular flexibility index (Phi) is 35.9. The van der Waals surface area contributed by atoms with Crippen LogP contribution in [0.2, 0.25) is 0 Å². The van der Waals surface area contributed by atoms with E-state index in [0.29, 0.717) is 42.2 Å². The van der Waals surface area contributed by atoms with E-state index in [-0.39, 0.29) is 0 Å². The van der Waals surface area contributed by atoms with Crippen molar-refractivity contribution in [3.63, 3.8) is 0 Å². The maximum Gasteiger partial charge on any atom is 0.348 e. The first-order valence-electron chi connectivity index (χ1n) is 8.77. The molecule has 0 unspecified atom stereocenters. The smallest absolute Gasteiger partial charge is 0.329 e. The zero-order valence-electron chi connectivity index (χ0n) is 19.7. The summed E-state index contributed by atoms with van der Waals surface area (Å²) in [4.78, 5) is 78.2. The molecule has 0 aromatic carbocycles. The molecule has 0 aromatic heterocycles. The van der Waals surface area contributed by atoms with Crippen molar-refractivity contribution in [3.8, 4) is 0 Å². The summed E-state index contributed by atoms with van der Waals surface area (Å²) < 4.78 is 47.9. The van der Waals surface area contributed by atoms with Crippen LogP contribution < -0.4 is 16.8 Å². The largest absolute Gasteiger partial charge is 0.348 e. The summed E-state index contributed by atoms with van der Waals surface area (Å²) in [6, 6.07) is 0. The van der Waals surface area contributed by atoms with Crippen LogP contribution in [0.25, 0.3) is 0 Å². The summed E-state index contributed by atoms with van der Waals surface area (Å²) in [5.74, 6) is 3.02. The van der Waals surface area contributed by atoms with Gasteiger partial charge in [-0.05, 0) is 0 Å². The highest BCUT2D eigenvalue weighted by molar-refractivity contribution is 7.56. The van der Waals surface area contributed by atoms with Gasteiger partial charge in [0, 0.05) is 55.3 Å². The van der Waals surface area contributed by atoms with E-state index in [4.69, 9.17) is 60.4 Å². The lowest BCUT2D eigenvalue weighted by molar-refractivity contribution is 0.384. The minimum Gasteiger partial charge on any atom is -0.329 e. The summed E-state index contributed by atoms with van der Waals surface area (Å²) in [6.45, 7) is 17.5. The van der Waals surface area contributed by atoms with Gasteiger partial charge in [0.2, 0.25) is 0 Å². The van der Waals surface area contributed by atoms with E-state index in [9.17, 15) is 22.8 Å². The maximum atomic E-state index is 9.58. The number of nitrogens with one attached hydrogen (secondary N) is 1. The van der Waals surface area contributed by atoms with Crippen molar-refractivity contribution in [3.05, 3.63) is 62.0 Å². The monoisotopic (exact) mass is 643 g/mol. The first-order valence-corrected chi connectivity index (χ1v) is 17.2. The molecule has 0 fully saturated rings. The van der Waals surface area contributed by atoms with E-state index in [1.807, 2.05) is 0 Å². The van der Waals surface area contributed by atoms with Crippen LogP contribution in [0.1, 0.15) is 0 Å². The topological polar surface area (TPSA) is 352 Å². The van der Waals surface area contributed by atoms with E-state index in [2.05, 4.69) is 38.2 Å². The Morgan fingerprint density at radius 3 is 0.622 bits per heavy atom. The molecule has 0 heterocycles. The molecule has 0 aliphatic heterocycles. The summed E-state index contributed by atoms with van der Waals surface area (Å²) in [7, 11) is -19.4. The molecule has 0 atom stereocenters. The Bertz CT molecular complexity index is 698. The molecule has 18 nitrogen and oxygen atoms in total. The standard InChI is InChI=1S/C4H13N3.5C2H5O3P/c5-1-3-7-4-2-6;5*1-2-6(3,4)5/h7H,1-6H2;5*2H,1H2,(H2,3,4,5). The summed E-state index contributed by atoms with van der Waals surface area (Å²) in [6.07, 6.45) is 0. The molecule has 0 rings (SSSR count). The van der Waals surface area contributed by atoms with Gasteiger partial charge in [0.1, 0.15) is 0 Å². The highest BCUT2D eigenvalue weighted by Gasteiger charge is 2.02. The third kappa shape index (κ3) is 117. The predicted octanol–water partition coefficient (Wildman–Crippen LogP) is 0.0314. The molecule has 224 valence electrons. The molecule has 37 heavy (non-hydrogen) atoms. The van der Waals surface area contributed by atoms with Gasteiger partial charge < -0.3 is 65.7 Å². The molecule has 0 aliphatic rings. The Balaban J connectivity index is -0.0000000780. The fourth-order valence-corrected chi connectivity index (χ4v) is 0.329. The molecule has 0 aromatic rings. The molecule has 0 bridgehead atoms. The van der Waals surface area contributed by atoms with Gasteiger partial charge in [-0.15, -0.1) is 0 Å². The van der Waals surface area contributed by atoms with Crippen molar-refractivity contribution < 1.29 is 71.8 Å². The highest BCUT2D eigenvalue weighted by atomic mass is 31.2. The van der Waals surface area contributed by atoms with Gasteiger partial charge in [-0.25, -0.2) is 0 Å². The van der Waals surface area contributed by atoms with Gasteiger partial charge in [0.05, 0.1) is 0 Å². The van der Waals surface area contributed by atoms with E-state index < -0.39 is 38.0 Å². The van der Waals surface area contributed by atoms with Crippen LogP contribution >= 0.6 is 38.0 Å². The average molecular weight is 643 g/mol. The number of hydrogen-bond acceptors (Lipinski definition) is 8. The third-order valence-corrected chi connectivity index (χ3v) is 4.21.